The van der Waals surface area contributed by atoms with Crippen molar-refractivity contribution >= 4 is 11.6 Å². The van der Waals surface area contributed by atoms with Crippen LogP contribution in [0.15, 0.2) is 60.8 Å². The van der Waals surface area contributed by atoms with Crippen LogP contribution in [0.4, 0.5) is 0 Å². The molecule has 1 aromatic heterocycles. The van der Waals surface area contributed by atoms with Crippen LogP contribution < -0.4 is 4.74 Å². The lowest BCUT2D eigenvalue weighted by atomic mass is 10.0. The molecule has 3 aromatic rings. The second kappa shape index (κ2) is 8.45. The molecular weight excluding hydrogens is 340 g/mol. The summed E-state index contributed by atoms with van der Waals surface area (Å²) in [5.74, 6) is 0.401. The predicted octanol–water partition coefficient (Wildman–Crippen LogP) is 3.69. The fourth-order valence-corrected chi connectivity index (χ4v) is 2.95. The van der Waals surface area contributed by atoms with Crippen molar-refractivity contribution < 1.29 is 14.3 Å². The van der Waals surface area contributed by atoms with Crippen LogP contribution in [0.3, 0.4) is 0 Å². The average Bonchev–Trinajstić information content (AvgIpc) is 3.05. The molecule has 0 fully saturated rings. The Kier molecular flexibility index (Phi) is 5.81. The van der Waals surface area contributed by atoms with Gasteiger partial charge in [-0.05, 0) is 30.2 Å². The minimum absolute atomic E-state index is 0.124. The van der Waals surface area contributed by atoms with Crippen molar-refractivity contribution in [3.63, 3.8) is 0 Å². The maximum atomic E-state index is 12.5. The highest BCUT2D eigenvalue weighted by Gasteiger charge is 2.18. The topological polar surface area (TPSA) is 61.2 Å². The Labute approximate surface area is 158 Å². The monoisotopic (exact) mass is 362 g/mol. The van der Waals surface area contributed by atoms with E-state index in [9.17, 15) is 9.59 Å². The van der Waals surface area contributed by atoms with Crippen LogP contribution in [0.5, 0.6) is 5.75 Å². The van der Waals surface area contributed by atoms with E-state index in [-0.39, 0.29) is 18.0 Å². The molecule has 0 aliphatic heterocycles. The molecule has 0 radical (unpaired) electrons. The van der Waals surface area contributed by atoms with Crippen molar-refractivity contribution in [1.82, 2.24) is 9.78 Å². The number of ketones is 2. The maximum Gasteiger partial charge on any atom is 0.190 e. The Bertz CT molecular complexity index is 928. The van der Waals surface area contributed by atoms with E-state index in [0.29, 0.717) is 18.7 Å². The molecular formula is C22H22N2O3. The maximum absolute atomic E-state index is 12.5. The van der Waals surface area contributed by atoms with Crippen LogP contribution in [0, 0.1) is 0 Å². The van der Waals surface area contributed by atoms with Crippen molar-refractivity contribution in [3.8, 4) is 5.75 Å². The van der Waals surface area contributed by atoms with E-state index in [2.05, 4.69) is 5.10 Å². The molecule has 0 spiro atoms. The molecule has 27 heavy (non-hydrogen) atoms. The molecule has 0 bridgehead atoms. The van der Waals surface area contributed by atoms with E-state index in [4.69, 9.17) is 4.74 Å². The summed E-state index contributed by atoms with van der Waals surface area (Å²) >= 11 is 0. The van der Waals surface area contributed by atoms with Crippen molar-refractivity contribution in [3.05, 3.63) is 83.2 Å². The lowest BCUT2D eigenvalue weighted by Crippen LogP contribution is -2.09. The number of aromatic nitrogens is 2. The number of carbonyl (C=O) groups is 2. The van der Waals surface area contributed by atoms with E-state index in [0.717, 1.165) is 22.4 Å². The van der Waals surface area contributed by atoms with Gasteiger partial charge in [0.15, 0.2) is 5.78 Å². The van der Waals surface area contributed by atoms with Gasteiger partial charge >= 0.3 is 0 Å². The molecule has 2 aromatic carbocycles. The molecule has 5 nitrogen and oxygen atoms in total. The standard InChI is InChI=1S/C22H22N2O3/c1-16(25)12-21(26)22-19(13-17-6-4-3-5-7-17)15-24(23-22)14-18-8-10-20(27-2)11-9-18/h3-11,15H,12-14H2,1-2H3. The third-order valence-electron chi connectivity index (χ3n) is 4.25. The number of benzene rings is 2. The third kappa shape index (κ3) is 4.91. The number of nitrogens with zero attached hydrogens (tertiary/aromatic N) is 2. The van der Waals surface area contributed by atoms with Crippen LogP contribution in [-0.2, 0) is 17.8 Å². The van der Waals surface area contributed by atoms with E-state index >= 15 is 0 Å². The van der Waals surface area contributed by atoms with E-state index < -0.39 is 0 Å². The summed E-state index contributed by atoms with van der Waals surface area (Å²) in [5, 5.41) is 4.48. The molecule has 0 N–H and O–H groups in total. The molecule has 0 atom stereocenters. The first-order valence-electron chi connectivity index (χ1n) is 8.81. The number of methoxy groups -OCH3 is 1. The smallest absolute Gasteiger partial charge is 0.190 e. The Morgan fingerprint density at radius 1 is 1.00 bits per heavy atom. The van der Waals surface area contributed by atoms with Crippen LogP contribution in [0.25, 0.3) is 0 Å². The molecule has 3 rings (SSSR count). The summed E-state index contributed by atoms with van der Waals surface area (Å²) in [6.45, 7) is 1.96. The quantitative estimate of drug-likeness (QED) is 0.453. The normalized spacial score (nSPS) is 10.6. The number of carbonyl (C=O) groups excluding carboxylic acids is 2. The Hall–Kier alpha value is -3.21. The van der Waals surface area contributed by atoms with Gasteiger partial charge in [-0.15, -0.1) is 0 Å². The lowest BCUT2D eigenvalue weighted by Gasteiger charge is -2.03. The molecule has 0 unspecified atom stereocenters. The fourth-order valence-electron chi connectivity index (χ4n) is 2.95. The van der Waals surface area contributed by atoms with Gasteiger partial charge in [-0.1, -0.05) is 42.5 Å². The zero-order valence-electron chi connectivity index (χ0n) is 15.5. The molecule has 0 amide bonds. The van der Waals surface area contributed by atoms with E-state index in [1.54, 1.807) is 11.8 Å². The van der Waals surface area contributed by atoms with Gasteiger partial charge in [-0.3, -0.25) is 14.3 Å². The fraction of sp³-hybridized carbons (Fsp3) is 0.227. The Morgan fingerprint density at radius 2 is 1.70 bits per heavy atom. The predicted molar refractivity (Wildman–Crippen MR) is 103 cm³/mol. The van der Waals surface area contributed by atoms with E-state index in [1.807, 2.05) is 60.8 Å². The van der Waals surface area contributed by atoms with Crippen molar-refractivity contribution in [1.29, 1.82) is 0 Å². The summed E-state index contributed by atoms with van der Waals surface area (Å²) < 4.78 is 6.94. The highest BCUT2D eigenvalue weighted by Crippen LogP contribution is 2.17. The molecule has 0 aliphatic rings. The molecule has 0 saturated heterocycles. The first kappa shape index (κ1) is 18.6. The number of hydrogen-bond donors (Lipinski definition) is 0. The van der Waals surface area contributed by atoms with Crippen molar-refractivity contribution in [2.45, 2.75) is 26.3 Å². The molecule has 0 aliphatic carbocycles. The van der Waals surface area contributed by atoms with Crippen molar-refractivity contribution in [2.24, 2.45) is 0 Å². The average molecular weight is 362 g/mol. The molecule has 0 saturated carbocycles. The van der Waals surface area contributed by atoms with Gasteiger partial charge in [0.2, 0.25) is 0 Å². The minimum atomic E-state index is -0.234. The molecule has 5 heteroatoms. The van der Waals surface area contributed by atoms with Gasteiger partial charge in [0, 0.05) is 18.2 Å². The van der Waals surface area contributed by atoms with Crippen LogP contribution >= 0.6 is 0 Å². The second-order valence-electron chi connectivity index (χ2n) is 6.51. The number of rotatable bonds is 8. The largest absolute Gasteiger partial charge is 0.497 e. The number of Topliss-reactive ketones (excluding diaryl/α,β-unsaturated/α-hetero) is 2. The Morgan fingerprint density at radius 3 is 2.33 bits per heavy atom. The number of ether oxygens (including phenoxy) is 1. The second-order valence-corrected chi connectivity index (χ2v) is 6.51. The van der Waals surface area contributed by atoms with Gasteiger partial charge in [0.25, 0.3) is 0 Å². The molecule has 138 valence electrons. The van der Waals surface area contributed by atoms with E-state index in [1.165, 1.54) is 6.92 Å². The summed E-state index contributed by atoms with van der Waals surface area (Å²) in [5.41, 5.74) is 3.36. The van der Waals surface area contributed by atoms with Gasteiger partial charge in [0.1, 0.15) is 17.2 Å². The zero-order chi connectivity index (χ0) is 19.2. The van der Waals surface area contributed by atoms with Crippen LogP contribution in [0.1, 0.15) is 40.5 Å². The zero-order valence-corrected chi connectivity index (χ0v) is 15.5. The highest BCUT2D eigenvalue weighted by molar-refractivity contribution is 6.07. The first-order valence-corrected chi connectivity index (χ1v) is 8.81. The highest BCUT2D eigenvalue weighted by atomic mass is 16.5. The minimum Gasteiger partial charge on any atom is -0.497 e. The van der Waals surface area contributed by atoms with Gasteiger partial charge in [0.05, 0.1) is 20.1 Å². The van der Waals surface area contributed by atoms with Crippen LogP contribution in [-0.4, -0.2) is 28.5 Å². The van der Waals surface area contributed by atoms with Gasteiger partial charge < -0.3 is 4.74 Å². The number of hydrogen-bond acceptors (Lipinski definition) is 4. The van der Waals surface area contributed by atoms with Crippen molar-refractivity contribution in [2.75, 3.05) is 7.11 Å². The molecule has 1 heterocycles. The third-order valence-corrected chi connectivity index (χ3v) is 4.25. The van der Waals surface area contributed by atoms with Gasteiger partial charge in [-0.25, -0.2) is 0 Å². The lowest BCUT2D eigenvalue weighted by molar-refractivity contribution is -0.116. The summed E-state index contributed by atoms with van der Waals surface area (Å²) in [4.78, 5) is 23.9. The van der Waals surface area contributed by atoms with Gasteiger partial charge in [-0.2, -0.15) is 5.10 Å². The summed E-state index contributed by atoms with van der Waals surface area (Å²) in [7, 11) is 1.63. The summed E-state index contributed by atoms with van der Waals surface area (Å²) in [6, 6.07) is 17.6. The SMILES string of the molecule is COc1ccc(Cn2cc(Cc3ccccc3)c(C(=O)CC(C)=O)n2)cc1. The van der Waals surface area contributed by atoms with Crippen LogP contribution in [0.2, 0.25) is 0 Å². The Balaban J connectivity index is 1.87. The first-order chi connectivity index (χ1) is 13.0. The summed E-state index contributed by atoms with van der Waals surface area (Å²) in [6.07, 6.45) is 2.37.